The first-order chi connectivity index (χ1) is 18.6. The lowest BCUT2D eigenvalue weighted by Crippen LogP contribution is -2.48. The van der Waals surface area contributed by atoms with Crippen LogP contribution < -0.4 is 4.74 Å². The summed E-state index contributed by atoms with van der Waals surface area (Å²) >= 11 is 0. The number of hydrogen-bond donors (Lipinski definition) is 0. The number of ether oxygens (including phenoxy) is 2. The monoisotopic (exact) mass is 517 g/mol. The lowest BCUT2D eigenvalue weighted by Gasteiger charge is -2.36. The number of nitrogens with zero attached hydrogens (tertiary/aromatic N) is 3. The Kier molecular flexibility index (Phi) is 9.98. The van der Waals surface area contributed by atoms with Crippen LogP contribution in [0.25, 0.3) is 0 Å². The van der Waals surface area contributed by atoms with Gasteiger partial charge in [-0.2, -0.15) is 0 Å². The third-order valence-electron chi connectivity index (χ3n) is 7.31. The van der Waals surface area contributed by atoms with Gasteiger partial charge in [0, 0.05) is 38.1 Å². The highest BCUT2D eigenvalue weighted by molar-refractivity contribution is 5.99. The molecule has 0 radical (unpaired) electrons. The second-order valence-corrected chi connectivity index (χ2v) is 9.85. The van der Waals surface area contributed by atoms with Crippen LogP contribution in [0.4, 0.5) is 0 Å². The van der Waals surface area contributed by atoms with Gasteiger partial charge in [0.2, 0.25) is 5.91 Å². The number of carbonyl (C=O) groups excluding carboxylic acids is 2. The molecule has 0 aliphatic heterocycles. The Morgan fingerprint density at radius 2 is 1.66 bits per heavy atom. The fourth-order valence-electron chi connectivity index (χ4n) is 5.20. The molecule has 38 heavy (non-hydrogen) atoms. The van der Waals surface area contributed by atoms with Gasteiger partial charge in [-0.3, -0.25) is 9.59 Å². The molecule has 2 aromatic carbocycles. The standard InChI is InChI=1S/C31H39N3O4/c1-37-21-20-33(23-27-16-11-19-32(27)22-25-12-5-3-6-13-25)30(35)24-34(26-14-7-4-8-15-26)31(36)28-17-9-10-18-29(28)38-2/h3,5-6,9-13,16-19,26H,4,7-8,14-15,20-24H2,1-2H3. The first-order valence-electron chi connectivity index (χ1n) is 13.5. The van der Waals surface area contributed by atoms with E-state index in [1.165, 1.54) is 12.0 Å². The Labute approximate surface area is 226 Å². The molecule has 0 N–H and O–H groups in total. The van der Waals surface area contributed by atoms with E-state index in [2.05, 4.69) is 22.8 Å². The summed E-state index contributed by atoms with van der Waals surface area (Å²) in [5.74, 6) is 0.297. The largest absolute Gasteiger partial charge is 0.496 e. The Morgan fingerprint density at radius 1 is 0.921 bits per heavy atom. The topological polar surface area (TPSA) is 64.0 Å². The van der Waals surface area contributed by atoms with Gasteiger partial charge in [-0.25, -0.2) is 0 Å². The van der Waals surface area contributed by atoms with E-state index in [0.29, 0.717) is 31.0 Å². The molecule has 0 spiro atoms. The van der Waals surface area contributed by atoms with Crippen molar-refractivity contribution < 1.29 is 19.1 Å². The maximum Gasteiger partial charge on any atom is 0.258 e. The molecule has 0 bridgehead atoms. The maximum atomic E-state index is 13.8. The molecule has 7 nitrogen and oxygen atoms in total. The molecular weight excluding hydrogens is 478 g/mol. The quantitative estimate of drug-likeness (QED) is 0.339. The Hall–Kier alpha value is -3.58. The summed E-state index contributed by atoms with van der Waals surface area (Å²) in [4.78, 5) is 31.2. The molecule has 1 heterocycles. The van der Waals surface area contributed by atoms with E-state index in [4.69, 9.17) is 9.47 Å². The predicted molar refractivity (Wildman–Crippen MR) is 148 cm³/mol. The molecule has 7 heteroatoms. The smallest absolute Gasteiger partial charge is 0.258 e. The van der Waals surface area contributed by atoms with Crippen LogP contribution in [-0.4, -0.2) is 66.1 Å². The molecule has 3 aromatic rings. The third-order valence-corrected chi connectivity index (χ3v) is 7.31. The number of carbonyl (C=O) groups is 2. The first kappa shape index (κ1) is 27.5. The average Bonchev–Trinajstić information content (AvgIpc) is 3.40. The van der Waals surface area contributed by atoms with Crippen molar-refractivity contribution in [3.05, 3.63) is 89.7 Å². The van der Waals surface area contributed by atoms with Gasteiger partial charge in [0.05, 0.1) is 25.8 Å². The molecule has 202 valence electrons. The molecule has 0 atom stereocenters. The van der Waals surface area contributed by atoms with Crippen LogP contribution in [-0.2, 0) is 22.6 Å². The lowest BCUT2D eigenvalue weighted by molar-refractivity contribution is -0.133. The lowest BCUT2D eigenvalue weighted by atomic mass is 9.93. The predicted octanol–water partition coefficient (Wildman–Crippen LogP) is 5.00. The minimum absolute atomic E-state index is 0.0324. The molecule has 1 fully saturated rings. The van der Waals surface area contributed by atoms with Gasteiger partial charge in [-0.1, -0.05) is 61.7 Å². The third kappa shape index (κ3) is 7.04. The van der Waals surface area contributed by atoms with Crippen molar-refractivity contribution in [2.24, 2.45) is 0 Å². The maximum absolute atomic E-state index is 13.8. The van der Waals surface area contributed by atoms with Crippen LogP contribution in [0, 0.1) is 0 Å². The van der Waals surface area contributed by atoms with Gasteiger partial charge in [-0.15, -0.1) is 0 Å². The number of amides is 2. The van der Waals surface area contributed by atoms with Crippen molar-refractivity contribution in [3.8, 4) is 5.75 Å². The van der Waals surface area contributed by atoms with Gasteiger partial charge < -0.3 is 23.8 Å². The van der Waals surface area contributed by atoms with Crippen molar-refractivity contribution in [2.45, 2.75) is 51.2 Å². The molecule has 4 rings (SSSR count). The van der Waals surface area contributed by atoms with E-state index in [9.17, 15) is 9.59 Å². The summed E-state index contributed by atoms with van der Waals surface area (Å²) in [6, 6.07) is 21.6. The number of methoxy groups -OCH3 is 2. The zero-order valence-corrected chi connectivity index (χ0v) is 22.6. The van der Waals surface area contributed by atoms with Gasteiger partial charge >= 0.3 is 0 Å². The molecular formula is C31H39N3O4. The minimum Gasteiger partial charge on any atom is -0.496 e. The van der Waals surface area contributed by atoms with E-state index in [1.807, 2.05) is 47.5 Å². The van der Waals surface area contributed by atoms with E-state index in [1.54, 1.807) is 31.3 Å². The number of rotatable bonds is 12. The highest BCUT2D eigenvalue weighted by Gasteiger charge is 2.31. The van der Waals surface area contributed by atoms with Gasteiger partial charge in [0.25, 0.3) is 5.91 Å². The van der Waals surface area contributed by atoms with Gasteiger partial charge in [-0.05, 0) is 42.7 Å². The normalized spacial score (nSPS) is 13.7. The molecule has 1 aliphatic carbocycles. The summed E-state index contributed by atoms with van der Waals surface area (Å²) in [5, 5.41) is 0. The van der Waals surface area contributed by atoms with Crippen LogP contribution in [0.5, 0.6) is 5.75 Å². The SMILES string of the molecule is COCCN(Cc1cccn1Cc1ccccc1)C(=O)CN(C(=O)c1ccccc1OC)C1CCCCC1. The molecule has 0 saturated heterocycles. The minimum atomic E-state index is -0.151. The molecule has 1 saturated carbocycles. The second kappa shape index (κ2) is 13.8. The van der Waals surface area contributed by atoms with Crippen LogP contribution in [0.1, 0.15) is 53.7 Å². The first-order valence-corrected chi connectivity index (χ1v) is 13.5. The van der Waals surface area contributed by atoms with E-state index in [-0.39, 0.29) is 24.4 Å². The highest BCUT2D eigenvalue weighted by Crippen LogP contribution is 2.27. The van der Waals surface area contributed by atoms with Crippen molar-refractivity contribution in [3.63, 3.8) is 0 Å². The van der Waals surface area contributed by atoms with Gasteiger partial charge in [0.15, 0.2) is 0 Å². The Balaban J connectivity index is 1.55. The molecule has 2 amide bonds. The number of benzene rings is 2. The van der Waals surface area contributed by atoms with E-state index >= 15 is 0 Å². The van der Waals surface area contributed by atoms with Crippen LogP contribution in [0.2, 0.25) is 0 Å². The zero-order valence-electron chi connectivity index (χ0n) is 22.6. The Morgan fingerprint density at radius 3 is 2.39 bits per heavy atom. The second-order valence-electron chi connectivity index (χ2n) is 9.85. The van der Waals surface area contributed by atoms with Crippen molar-refractivity contribution in [1.29, 1.82) is 0 Å². The summed E-state index contributed by atoms with van der Waals surface area (Å²) in [7, 11) is 3.21. The number of aromatic nitrogens is 1. The van der Waals surface area contributed by atoms with Crippen molar-refractivity contribution >= 4 is 11.8 Å². The average molecular weight is 518 g/mol. The summed E-state index contributed by atoms with van der Waals surface area (Å²) in [6.07, 6.45) is 7.16. The van der Waals surface area contributed by atoms with Crippen molar-refractivity contribution in [2.75, 3.05) is 33.9 Å². The highest BCUT2D eigenvalue weighted by atomic mass is 16.5. The summed E-state index contributed by atoms with van der Waals surface area (Å²) in [5.41, 5.74) is 2.73. The summed E-state index contributed by atoms with van der Waals surface area (Å²) < 4.78 is 13.0. The Bertz CT molecular complexity index is 1170. The molecule has 0 unspecified atom stereocenters. The van der Waals surface area contributed by atoms with E-state index in [0.717, 1.165) is 37.9 Å². The fraction of sp³-hybridized carbons (Fsp3) is 0.419. The number of hydrogen-bond acceptors (Lipinski definition) is 4. The van der Waals surface area contributed by atoms with E-state index < -0.39 is 0 Å². The van der Waals surface area contributed by atoms with Crippen LogP contribution >= 0.6 is 0 Å². The van der Waals surface area contributed by atoms with Crippen molar-refractivity contribution in [1.82, 2.24) is 14.4 Å². The van der Waals surface area contributed by atoms with Gasteiger partial charge in [0.1, 0.15) is 12.3 Å². The summed E-state index contributed by atoms with van der Waals surface area (Å²) in [6.45, 7) is 2.09. The number of para-hydroxylation sites is 1. The molecule has 1 aliphatic rings. The van der Waals surface area contributed by atoms with Crippen LogP contribution in [0.3, 0.4) is 0 Å². The molecule has 1 aromatic heterocycles. The fourth-order valence-corrected chi connectivity index (χ4v) is 5.20. The zero-order chi connectivity index (χ0) is 26.7. The van der Waals surface area contributed by atoms with Crippen LogP contribution in [0.15, 0.2) is 72.9 Å².